The van der Waals surface area contributed by atoms with E-state index in [0.717, 1.165) is 16.3 Å². The van der Waals surface area contributed by atoms with Gasteiger partial charge in [0.15, 0.2) is 11.5 Å². The number of carbonyl (C=O) groups is 1. The summed E-state index contributed by atoms with van der Waals surface area (Å²) in [6, 6.07) is 21.1. The molecule has 3 rings (SSSR count). The van der Waals surface area contributed by atoms with E-state index in [4.69, 9.17) is 4.74 Å². The predicted octanol–water partition coefficient (Wildman–Crippen LogP) is 4.19. The summed E-state index contributed by atoms with van der Waals surface area (Å²) in [5.74, 6) is 0.193. The smallest absolute Gasteiger partial charge is 0.182 e. The van der Waals surface area contributed by atoms with Crippen LogP contribution in [0.5, 0.6) is 5.75 Å². The molecule has 0 bridgehead atoms. The van der Waals surface area contributed by atoms with E-state index < -0.39 is 0 Å². The number of ketones is 1. The third kappa shape index (κ3) is 3.13. The number of nitrogens with zero attached hydrogens (tertiary/aromatic N) is 1. The Balaban J connectivity index is 2.08. The monoisotopic (exact) mass is 319 g/mol. The normalized spacial score (nSPS) is 11.5. The maximum atomic E-state index is 11.9. The lowest BCUT2D eigenvalue weighted by Crippen LogP contribution is -2.14. The minimum Gasteiger partial charge on any atom is -0.488 e. The van der Waals surface area contributed by atoms with Crippen LogP contribution < -0.4 is 4.74 Å². The molecule has 0 aromatic heterocycles. The van der Waals surface area contributed by atoms with Gasteiger partial charge in [0, 0.05) is 6.92 Å². The molecule has 0 fully saturated rings. The highest BCUT2D eigenvalue weighted by Crippen LogP contribution is 2.29. The number of hydrogen-bond donors (Lipinski definition) is 1. The first-order chi connectivity index (χ1) is 11.7. The first kappa shape index (κ1) is 15.7. The third-order valence-electron chi connectivity index (χ3n) is 3.80. The molecule has 0 saturated heterocycles. The molecule has 0 unspecified atom stereocenters. The molecule has 0 spiro atoms. The van der Waals surface area contributed by atoms with Crippen molar-refractivity contribution in [3.05, 3.63) is 77.9 Å². The van der Waals surface area contributed by atoms with Gasteiger partial charge in [-0.05, 0) is 22.4 Å². The zero-order valence-corrected chi connectivity index (χ0v) is 13.3. The first-order valence-corrected chi connectivity index (χ1v) is 7.62. The van der Waals surface area contributed by atoms with E-state index in [-0.39, 0.29) is 11.5 Å². The van der Waals surface area contributed by atoms with Gasteiger partial charge in [-0.25, -0.2) is 0 Å². The Labute approximate surface area is 140 Å². The summed E-state index contributed by atoms with van der Waals surface area (Å²) in [6.45, 7) is 1.74. The van der Waals surface area contributed by atoms with Gasteiger partial charge in [0.1, 0.15) is 12.4 Å². The summed E-state index contributed by atoms with van der Waals surface area (Å²) in [4.78, 5) is 11.9. The molecule has 0 radical (unpaired) electrons. The van der Waals surface area contributed by atoms with Gasteiger partial charge in [-0.15, -0.1) is 0 Å². The molecular weight excluding hydrogens is 302 g/mol. The standard InChI is InChI=1S/C20H17NO3/c1-14(22)20(21-23)19-17-10-6-5-9-16(17)11-12-18(19)24-13-15-7-3-2-4-8-15/h2-12,23H,13H2,1H3. The Morgan fingerprint density at radius 1 is 1.00 bits per heavy atom. The van der Waals surface area contributed by atoms with Crippen molar-refractivity contribution in [2.24, 2.45) is 5.16 Å². The first-order valence-electron chi connectivity index (χ1n) is 7.62. The van der Waals surface area contributed by atoms with Gasteiger partial charge in [-0.1, -0.05) is 65.8 Å². The third-order valence-corrected chi connectivity index (χ3v) is 3.80. The lowest BCUT2D eigenvalue weighted by molar-refractivity contribution is -0.111. The highest BCUT2D eigenvalue weighted by molar-refractivity contribution is 6.48. The van der Waals surface area contributed by atoms with Gasteiger partial charge in [0.05, 0.1) is 5.56 Å². The van der Waals surface area contributed by atoms with E-state index >= 15 is 0 Å². The van der Waals surface area contributed by atoms with Crippen molar-refractivity contribution in [3.8, 4) is 5.75 Å². The molecule has 0 aliphatic heterocycles. The van der Waals surface area contributed by atoms with Crippen LogP contribution in [0.25, 0.3) is 10.8 Å². The van der Waals surface area contributed by atoms with Gasteiger partial charge < -0.3 is 9.94 Å². The quantitative estimate of drug-likeness (QED) is 0.436. The molecule has 120 valence electrons. The van der Waals surface area contributed by atoms with E-state index in [1.54, 1.807) is 6.07 Å². The highest BCUT2D eigenvalue weighted by Gasteiger charge is 2.19. The van der Waals surface area contributed by atoms with Gasteiger partial charge in [0.2, 0.25) is 0 Å². The minimum absolute atomic E-state index is 0.00476. The van der Waals surface area contributed by atoms with Crippen LogP contribution in [0.15, 0.2) is 71.9 Å². The van der Waals surface area contributed by atoms with Crippen LogP contribution >= 0.6 is 0 Å². The molecule has 0 saturated carbocycles. The zero-order chi connectivity index (χ0) is 16.9. The lowest BCUT2D eigenvalue weighted by atomic mass is 9.98. The second-order valence-electron chi connectivity index (χ2n) is 5.44. The van der Waals surface area contributed by atoms with Crippen LogP contribution in [-0.4, -0.2) is 16.7 Å². The fourth-order valence-corrected chi connectivity index (χ4v) is 2.65. The second kappa shape index (κ2) is 6.96. The molecule has 0 aliphatic rings. The van der Waals surface area contributed by atoms with Crippen LogP contribution in [0.3, 0.4) is 0 Å². The molecule has 0 heterocycles. The van der Waals surface area contributed by atoms with E-state index in [1.165, 1.54) is 6.92 Å². The minimum atomic E-state index is -0.321. The lowest BCUT2D eigenvalue weighted by Gasteiger charge is -2.14. The number of benzene rings is 3. The number of fused-ring (bicyclic) bond motifs is 1. The predicted molar refractivity (Wildman–Crippen MR) is 93.7 cm³/mol. The van der Waals surface area contributed by atoms with Gasteiger partial charge >= 0.3 is 0 Å². The molecule has 3 aromatic rings. The maximum Gasteiger partial charge on any atom is 0.182 e. The Morgan fingerprint density at radius 2 is 1.71 bits per heavy atom. The Kier molecular flexibility index (Phi) is 4.57. The van der Waals surface area contributed by atoms with Gasteiger partial charge in [-0.3, -0.25) is 4.79 Å². The number of ether oxygens (including phenoxy) is 1. The van der Waals surface area contributed by atoms with Gasteiger partial charge in [-0.2, -0.15) is 0 Å². The molecule has 3 aromatic carbocycles. The highest BCUT2D eigenvalue weighted by atomic mass is 16.5. The van der Waals surface area contributed by atoms with Crippen molar-refractivity contribution in [1.82, 2.24) is 0 Å². The fourth-order valence-electron chi connectivity index (χ4n) is 2.65. The van der Waals surface area contributed by atoms with Crippen LogP contribution in [0.1, 0.15) is 18.1 Å². The molecule has 1 N–H and O–H groups in total. The molecule has 4 heteroatoms. The van der Waals surface area contributed by atoms with E-state index in [1.807, 2.05) is 60.7 Å². The van der Waals surface area contributed by atoms with Crippen molar-refractivity contribution in [2.45, 2.75) is 13.5 Å². The van der Waals surface area contributed by atoms with Crippen molar-refractivity contribution in [2.75, 3.05) is 0 Å². The molecule has 24 heavy (non-hydrogen) atoms. The van der Waals surface area contributed by atoms with Crippen molar-refractivity contribution >= 4 is 22.3 Å². The topological polar surface area (TPSA) is 58.9 Å². The summed E-state index contributed by atoms with van der Waals surface area (Å²) >= 11 is 0. The van der Waals surface area contributed by atoms with Crippen LogP contribution in [0.4, 0.5) is 0 Å². The largest absolute Gasteiger partial charge is 0.488 e. The number of carbonyl (C=O) groups excluding carboxylic acids is 1. The summed E-state index contributed by atoms with van der Waals surface area (Å²) in [6.07, 6.45) is 0. The van der Waals surface area contributed by atoms with E-state index in [2.05, 4.69) is 5.16 Å². The summed E-state index contributed by atoms with van der Waals surface area (Å²) in [5.41, 5.74) is 1.52. The van der Waals surface area contributed by atoms with Crippen molar-refractivity contribution in [1.29, 1.82) is 0 Å². The SMILES string of the molecule is CC(=O)C(=NO)c1c(OCc2ccccc2)ccc2ccccc12. The molecule has 4 nitrogen and oxygen atoms in total. The summed E-state index contributed by atoms with van der Waals surface area (Å²) in [5, 5.41) is 14.3. The van der Waals surface area contributed by atoms with Crippen LogP contribution in [0.2, 0.25) is 0 Å². The molecule has 0 aliphatic carbocycles. The van der Waals surface area contributed by atoms with E-state index in [9.17, 15) is 10.0 Å². The number of oxime groups is 1. The Bertz CT molecular complexity index is 901. The molecular formula is C20H17NO3. The summed E-state index contributed by atoms with van der Waals surface area (Å²) < 4.78 is 5.92. The molecule has 0 amide bonds. The Morgan fingerprint density at radius 3 is 2.42 bits per heavy atom. The second-order valence-corrected chi connectivity index (χ2v) is 5.44. The fraction of sp³-hybridized carbons (Fsp3) is 0.100. The maximum absolute atomic E-state index is 11.9. The Hall–Kier alpha value is -3.14. The van der Waals surface area contributed by atoms with E-state index in [0.29, 0.717) is 17.9 Å². The summed E-state index contributed by atoms with van der Waals surface area (Å²) in [7, 11) is 0. The average Bonchev–Trinajstić information content (AvgIpc) is 2.62. The van der Waals surface area contributed by atoms with Gasteiger partial charge in [0.25, 0.3) is 0 Å². The average molecular weight is 319 g/mol. The number of rotatable bonds is 5. The number of hydrogen-bond acceptors (Lipinski definition) is 4. The van der Waals surface area contributed by atoms with Crippen LogP contribution in [0, 0.1) is 0 Å². The van der Waals surface area contributed by atoms with Crippen LogP contribution in [-0.2, 0) is 11.4 Å². The molecule has 0 atom stereocenters. The number of Topliss-reactive ketones (excluding diaryl/α,β-unsaturated/α-hetero) is 1. The van der Waals surface area contributed by atoms with Crippen molar-refractivity contribution in [3.63, 3.8) is 0 Å². The zero-order valence-electron chi connectivity index (χ0n) is 13.3. The van der Waals surface area contributed by atoms with Crippen molar-refractivity contribution < 1.29 is 14.7 Å².